The van der Waals surface area contributed by atoms with Crippen LogP contribution in [-0.4, -0.2) is 16.1 Å². The minimum atomic E-state index is -0.225. The van der Waals surface area contributed by atoms with Crippen LogP contribution in [0.4, 0.5) is 5.69 Å². The first kappa shape index (κ1) is 13.2. The lowest BCUT2D eigenvalue weighted by Crippen LogP contribution is -2.15. The number of aromatic nitrogens is 2. The molecular formula is C15H14BrN3O. The summed E-state index contributed by atoms with van der Waals surface area (Å²) in [7, 11) is 0. The van der Waals surface area contributed by atoms with Gasteiger partial charge in [-0.3, -0.25) is 4.79 Å². The van der Waals surface area contributed by atoms with Crippen molar-refractivity contribution in [2.75, 3.05) is 5.32 Å². The summed E-state index contributed by atoms with van der Waals surface area (Å²) in [5.74, 6) is -0.225. The number of carbonyl (C=O) groups excluding carboxylic acids is 1. The van der Waals surface area contributed by atoms with E-state index < -0.39 is 0 Å². The molecule has 1 heterocycles. The van der Waals surface area contributed by atoms with Gasteiger partial charge in [0.25, 0.3) is 5.91 Å². The molecule has 4 nitrogen and oxygen atoms in total. The van der Waals surface area contributed by atoms with Gasteiger partial charge in [0.15, 0.2) is 5.69 Å². The molecule has 1 amide bonds. The zero-order valence-electron chi connectivity index (χ0n) is 11.1. The third kappa shape index (κ3) is 2.58. The van der Waals surface area contributed by atoms with Gasteiger partial charge in [0.1, 0.15) is 0 Å². The van der Waals surface area contributed by atoms with Crippen molar-refractivity contribution in [3.8, 4) is 0 Å². The Morgan fingerprint density at radius 3 is 2.90 bits per heavy atom. The summed E-state index contributed by atoms with van der Waals surface area (Å²) in [6.07, 6.45) is 3.05. The van der Waals surface area contributed by atoms with Gasteiger partial charge in [0.05, 0.1) is 11.4 Å². The molecule has 0 unspecified atom stereocenters. The van der Waals surface area contributed by atoms with E-state index in [4.69, 9.17) is 0 Å². The fraction of sp³-hybridized carbons (Fsp3) is 0.267. The maximum absolute atomic E-state index is 12.2. The zero-order valence-corrected chi connectivity index (χ0v) is 12.7. The predicted molar refractivity (Wildman–Crippen MR) is 80.9 cm³/mol. The second kappa shape index (κ2) is 5.32. The number of benzene rings is 1. The van der Waals surface area contributed by atoms with E-state index in [0.717, 1.165) is 46.2 Å². The van der Waals surface area contributed by atoms with E-state index in [2.05, 4.69) is 31.4 Å². The molecule has 2 aromatic rings. The van der Waals surface area contributed by atoms with E-state index in [0.29, 0.717) is 5.69 Å². The van der Waals surface area contributed by atoms with Gasteiger partial charge in [-0.2, -0.15) is 5.10 Å². The third-order valence-corrected chi connectivity index (χ3v) is 4.08. The van der Waals surface area contributed by atoms with Crippen molar-refractivity contribution in [2.45, 2.75) is 26.2 Å². The summed E-state index contributed by atoms with van der Waals surface area (Å²) in [4.78, 5) is 12.2. The van der Waals surface area contributed by atoms with Crippen molar-refractivity contribution < 1.29 is 4.79 Å². The average Bonchev–Trinajstić information content (AvgIpc) is 2.89. The quantitative estimate of drug-likeness (QED) is 0.918. The van der Waals surface area contributed by atoms with Crippen molar-refractivity contribution in [3.05, 3.63) is 51.3 Å². The molecule has 0 saturated carbocycles. The number of halogens is 1. The predicted octanol–water partition coefficient (Wildman–Crippen LogP) is 3.29. The topological polar surface area (TPSA) is 54.9 Å². The average molecular weight is 332 g/mol. The van der Waals surface area contributed by atoms with Crippen LogP contribution in [0.2, 0.25) is 0 Å². The molecule has 1 N–H and O–H groups in total. The first-order chi connectivity index (χ1) is 9.63. The van der Waals surface area contributed by atoms with Crippen LogP contribution < -0.4 is 5.32 Å². The Hall–Kier alpha value is -1.75. The summed E-state index contributed by atoms with van der Waals surface area (Å²) >= 11 is 3.45. The van der Waals surface area contributed by atoms with E-state index >= 15 is 0 Å². The first-order valence-electron chi connectivity index (χ1n) is 6.56. The molecule has 20 heavy (non-hydrogen) atoms. The highest BCUT2D eigenvalue weighted by molar-refractivity contribution is 9.10. The van der Waals surface area contributed by atoms with Crippen molar-refractivity contribution in [2.24, 2.45) is 0 Å². The Morgan fingerprint density at radius 1 is 1.25 bits per heavy atom. The number of hydrogen-bond donors (Lipinski definition) is 1. The molecule has 5 heteroatoms. The normalized spacial score (nSPS) is 13.1. The van der Waals surface area contributed by atoms with Gasteiger partial charge in [0.2, 0.25) is 0 Å². The minimum absolute atomic E-state index is 0.225. The highest BCUT2D eigenvalue weighted by Gasteiger charge is 2.17. The standard InChI is InChI=1S/C15H14BrN3O/c1-9-5-6-13(11(16)7-9)17-15(20)14-8-10-3-2-4-12(10)18-19-14/h5-8H,2-4H2,1H3,(H,17,20). The van der Waals surface area contributed by atoms with Gasteiger partial charge in [0, 0.05) is 4.47 Å². The summed E-state index contributed by atoms with van der Waals surface area (Å²) in [5.41, 5.74) is 4.42. The van der Waals surface area contributed by atoms with Crippen LogP contribution in [0.1, 0.15) is 33.7 Å². The van der Waals surface area contributed by atoms with E-state index in [-0.39, 0.29) is 5.91 Å². The number of anilines is 1. The number of nitrogens with one attached hydrogen (secondary N) is 1. The van der Waals surface area contributed by atoms with Gasteiger partial charge < -0.3 is 5.32 Å². The molecule has 0 bridgehead atoms. The van der Waals surface area contributed by atoms with Crippen molar-refractivity contribution in [3.63, 3.8) is 0 Å². The molecule has 0 spiro atoms. The number of rotatable bonds is 2. The van der Waals surface area contributed by atoms with Gasteiger partial charge in [-0.15, -0.1) is 5.10 Å². The second-order valence-corrected chi connectivity index (χ2v) is 5.85. The van der Waals surface area contributed by atoms with Gasteiger partial charge in [-0.1, -0.05) is 6.07 Å². The number of amides is 1. The van der Waals surface area contributed by atoms with Crippen LogP contribution in [0.5, 0.6) is 0 Å². The molecule has 1 aromatic heterocycles. The van der Waals surface area contributed by atoms with E-state index in [1.54, 1.807) is 0 Å². The maximum Gasteiger partial charge on any atom is 0.276 e. The van der Waals surface area contributed by atoms with Crippen LogP contribution in [0.15, 0.2) is 28.7 Å². The molecule has 0 radical (unpaired) electrons. The Balaban J connectivity index is 1.82. The molecule has 3 rings (SSSR count). The maximum atomic E-state index is 12.2. The van der Waals surface area contributed by atoms with Crippen LogP contribution in [-0.2, 0) is 12.8 Å². The van der Waals surface area contributed by atoms with Gasteiger partial charge in [-0.25, -0.2) is 0 Å². The SMILES string of the molecule is Cc1ccc(NC(=O)c2cc3c(nn2)CCC3)c(Br)c1. The lowest BCUT2D eigenvalue weighted by molar-refractivity contribution is 0.102. The van der Waals surface area contributed by atoms with Crippen LogP contribution in [0.3, 0.4) is 0 Å². The number of fused-ring (bicyclic) bond motifs is 1. The molecule has 0 aliphatic heterocycles. The van der Waals surface area contributed by atoms with Crippen LogP contribution in [0, 0.1) is 6.92 Å². The van der Waals surface area contributed by atoms with Crippen molar-refractivity contribution in [1.29, 1.82) is 0 Å². The Labute approximate surface area is 125 Å². The van der Waals surface area contributed by atoms with E-state index in [1.807, 2.05) is 31.2 Å². The second-order valence-electron chi connectivity index (χ2n) is 4.99. The Kier molecular flexibility index (Phi) is 3.53. The van der Waals surface area contributed by atoms with Crippen molar-refractivity contribution >= 4 is 27.5 Å². The number of hydrogen-bond acceptors (Lipinski definition) is 3. The number of nitrogens with zero attached hydrogens (tertiary/aromatic N) is 2. The highest BCUT2D eigenvalue weighted by atomic mass is 79.9. The molecule has 1 aromatic carbocycles. The number of aryl methyl sites for hydroxylation is 3. The van der Waals surface area contributed by atoms with Crippen LogP contribution >= 0.6 is 15.9 Å². The summed E-state index contributed by atoms with van der Waals surface area (Å²) in [6.45, 7) is 2.00. The zero-order chi connectivity index (χ0) is 14.1. The molecule has 1 aliphatic carbocycles. The fourth-order valence-corrected chi connectivity index (χ4v) is 2.94. The Bertz CT molecular complexity index is 685. The third-order valence-electron chi connectivity index (χ3n) is 3.43. The molecular weight excluding hydrogens is 318 g/mol. The minimum Gasteiger partial charge on any atom is -0.320 e. The first-order valence-corrected chi connectivity index (χ1v) is 7.36. The summed E-state index contributed by atoms with van der Waals surface area (Å²) in [5, 5.41) is 11.0. The van der Waals surface area contributed by atoms with E-state index in [9.17, 15) is 4.79 Å². The largest absolute Gasteiger partial charge is 0.320 e. The molecule has 0 fully saturated rings. The molecule has 0 atom stereocenters. The Morgan fingerprint density at radius 2 is 2.10 bits per heavy atom. The van der Waals surface area contributed by atoms with E-state index in [1.165, 1.54) is 0 Å². The van der Waals surface area contributed by atoms with Gasteiger partial charge in [-0.05, 0) is 71.4 Å². The highest BCUT2D eigenvalue weighted by Crippen LogP contribution is 2.24. The van der Waals surface area contributed by atoms with Crippen molar-refractivity contribution in [1.82, 2.24) is 10.2 Å². The lowest BCUT2D eigenvalue weighted by Gasteiger charge is -2.08. The monoisotopic (exact) mass is 331 g/mol. The fourth-order valence-electron chi connectivity index (χ4n) is 2.35. The van der Waals surface area contributed by atoms with Gasteiger partial charge >= 0.3 is 0 Å². The number of carbonyl (C=O) groups is 1. The smallest absolute Gasteiger partial charge is 0.276 e. The molecule has 0 saturated heterocycles. The summed E-state index contributed by atoms with van der Waals surface area (Å²) in [6, 6.07) is 7.64. The summed E-state index contributed by atoms with van der Waals surface area (Å²) < 4.78 is 0.861. The lowest BCUT2D eigenvalue weighted by atomic mass is 10.2. The van der Waals surface area contributed by atoms with Crippen LogP contribution in [0.25, 0.3) is 0 Å². The molecule has 1 aliphatic rings. The molecule has 102 valence electrons.